The second-order valence-electron chi connectivity index (χ2n) is 3.97. The van der Waals surface area contributed by atoms with E-state index in [4.69, 9.17) is 11.0 Å². The van der Waals surface area contributed by atoms with Crippen LogP contribution in [0.25, 0.3) is 5.69 Å². The van der Waals surface area contributed by atoms with E-state index in [9.17, 15) is 13.6 Å². The molecule has 0 radical (unpaired) electrons. The van der Waals surface area contributed by atoms with Gasteiger partial charge in [0.05, 0.1) is 24.0 Å². The number of benzene rings is 1. The zero-order valence-electron chi connectivity index (χ0n) is 10.7. The third kappa shape index (κ3) is 2.44. The number of carbonyl (C=O) groups is 1. The lowest BCUT2D eigenvalue weighted by Crippen LogP contribution is -2.13. The predicted octanol–water partition coefficient (Wildman–Crippen LogP) is 2.60. The van der Waals surface area contributed by atoms with E-state index >= 15 is 0 Å². The molecule has 1 aromatic heterocycles. The first-order valence-electron chi connectivity index (χ1n) is 5.55. The van der Waals surface area contributed by atoms with Crippen LogP contribution in [0.4, 0.5) is 14.5 Å². The number of hydrogen-bond acceptors (Lipinski definition) is 4. The summed E-state index contributed by atoms with van der Waals surface area (Å²) in [6, 6.07) is 4.10. The smallest absolute Gasteiger partial charge is 0.357 e. The second kappa shape index (κ2) is 5.69. The van der Waals surface area contributed by atoms with Crippen molar-refractivity contribution < 1.29 is 18.3 Å². The van der Waals surface area contributed by atoms with Crippen LogP contribution >= 0.6 is 22.6 Å². The fourth-order valence-electron chi connectivity index (χ4n) is 1.83. The van der Waals surface area contributed by atoms with Gasteiger partial charge in [-0.3, -0.25) is 0 Å². The van der Waals surface area contributed by atoms with E-state index in [0.717, 1.165) is 17.7 Å². The maximum atomic E-state index is 14.1. The Morgan fingerprint density at radius 3 is 2.71 bits per heavy atom. The van der Waals surface area contributed by atoms with Gasteiger partial charge in [0, 0.05) is 9.77 Å². The molecular formula is C13H8F2IN3O2. The van der Waals surface area contributed by atoms with Crippen LogP contribution in [-0.2, 0) is 4.74 Å². The molecule has 0 amide bonds. The number of nitrogen functional groups attached to an aromatic ring is 1. The van der Waals surface area contributed by atoms with Gasteiger partial charge in [-0.05, 0) is 34.7 Å². The normalized spacial score (nSPS) is 10.2. The summed E-state index contributed by atoms with van der Waals surface area (Å²) in [7, 11) is 1.12. The van der Waals surface area contributed by atoms with Gasteiger partial charge in [0.2, 0.25) is 0 Å². The van der Waals surface area contributed by atoms with E-state index in [1.165, 1.54) is 12.3 Å². The Morgan fingerprint density at radius 1 is 1.48 bits per heavy atom. The molecule has 8 heteroatoms. The largest absolute Gasteiger partial charge is 0.464 e. The molecule has 0 unspecified atom stereocenters. The summed E-state index contributed by atoms with van der Waals surface area (Å²) in [6.07, 6.45) is 1.17. The third-order valence-corrected chi connectivity index (χ3v) is 3.67. The summed E-state index contributed by atoms with van der Waals surface area (Å²) in [6.45, 7) is 0. The van der Waals surface area contributed by atoms with E-state index in [1.807, 2.05) is 0 Å². The molecule has 0 saturated heterocycles. The fourth-order valence-corrected chi connectivity index (χ4v) is 2.50. The Bertz CT molecular complexity index is 781. The third-order valence-electron chi connectivity index (χ3n) is 2.80. The van der Waals surface area contributed by atoms with E-state index in [2.05, 4.69) is 4.74 Å². The van der Waals surface area contributed by atoms with Crippen LogP contribution in [0.1, 0.15) is 16.1 Å². The van der Waals surface area contributed by atoms with Crippen LogP contribution in [0.15, 0.2) is 18.3 Å². The van der Waals surface area contributed by atoms with Crippen LogP contribution in [-0.4, -0.2) is 17.6 Å². The van der Waals surface area contributed by atoms with Crippen LogP contribution in [0.3, 0.4) is 0 Å². The Balaban J connectivity index is 2.85. The number of hydrogen-bond donors (Lipinski definition) is 1. The molecule has 0 atom stereocenters. The fraction of sp³-hybridized carbons (Fsp3) is 0.0769. The quantitative estimate of drug-likeness (QED) is 0.475. The number of halogens is 3. The number of rotatable bonds is 2. The number of methoxy groups -OCH3 is 1. The van der Waals surface area contributed by atoms with Gasteiger partial charge < -0.3 is 15.0 Å². The minimum absolute atomic E-state index is 0.0325. The molecule has 2 N–H and O–H groups in total. The lowest BCUT2D eigenvalue weighted by molar-refractivity contribution is 0.0593. The summed E-state index contributed by atoms with van der Waals surface area (Å²) in [5, 5.41) is 8.99. The highest BCUT2D eigenvalue weighted by Crippen LogP contribution is 2.29. The van der Waals surface area contributed by atoms with Crippen LogP contribution in [0.5, 0.6) is 0 Å². The molecule has 0 bridgehead atoms. The highest BCUT2D eigenvalue weighted by atomic mass is 127. The Hall–Kier alpha value is -2.15. The Morgan fingerprint density at radius 2 is 2.14 bits per heavy atom. The first kappa shape index (κ1) is 15.2. The van der Waals surface area contributed by atoms with Crippen molar-refractivity contribution in [2.24, 2.45) is 0 Å². The lowest BCUT2D eigenvalue weighted by atomic mass is 10.2. The minimum Gasteiger partial charge on any atom is -0.464 e. The van der Waals surface area contributed by atoms with Gasteiger partial charge in [-0.15, -0.1) is 0 Å². The van der Waals surface area contributed by atoms with Gasteiger partial charge in [-0.25, -0.2) is 13.6 Å². The molecule has 0 aliphatic rings. The SMILES string of the molecule is COC(=O)c1c(N)c(C#N)cn1-c1c(I)ccc(F)c1F. The number of esters is 1. The molecule has 5 nitrogen and oxygen atoms in total. The molecule has 1 aromatic carbocycles. The average molecular weight is 403 g/mol. The zero-order chi connectivity index (χ0) is 15.7. The van der Waals surface area contributed by atoms with Gasteiger partial charge in [0.1, 0.15) is 6.07 Å². The number of carbonyl (C=O) groups excluding carboxylic acids is 1. The van der Waals surface area contributed by atoms with Crippen molar-refractivity contribution in [1.29, 1.82) is 5.26 Å². The van der Waals surface area contributed by atoms with E-state index in [1.54, 1.807) is 28.7 Å². The topological polar surface area (TPSA) is 81.0 Å². The summed E-state index contributed by atoms with van der Waals surface area (Å²) in [5.74, 6) is -3.08. The highest BCUT2D eigenvalue weighted by Gasteiger charge is 2.25. The predicted molar refractivity (Wildman–Crippen MR) is 78.9 cm³/mol. The molecule has 0 aliphatic carbocycles. The standard InChI is InChI=1S/C13H8F2IN3O2/c1-21-13(20)12-10(18)6(4-17)5-19(12)11-8(16)3-2-7(14)9(11)15/h2-3,5H,18H2,1H3. The molecule has 2 aromatic rings. The van der Waals surface area contributed by atoms with Gasteiger partial charge in [0.15, 0.2) is 17.3 Å². The molecule has 0 aliphatic heterocycles. The van der Waals surface area contributed by atoms with Crippen molar-refractivity contribution in [3.05, 3.63) is 44.8 Å². The van der Waals surface area contributed by atoms with Gasteiger partial charge in [-0.2, -0.15) is 5.26 Å². The van der Waals surface area contributed by atoms with Crippen molar-refractivity contribution in [3.63, 3.8) is 0 Å². The Kier molecular flexibility index (Phi) is 4.13. The molecule has 0 spiro atoms. The maximum Gasteiger partial charge on any atom is 0.357 e. The minimum atomic E-state index is -1.15. The van der Waals surface area contributed by atoms with Crippen molar-refractivity contribution in [1.82, 2.24) is 4.57 Å². The highest BCUT2D eigenvalue weighted by molar-refractivity contribution is 14.1. The van der Waals surface area contributed by atoms with Crippen molar-refractivity contribution in [3.8, 4) is 11.8 Å². The lowest BCUT2D eigenvalue weighted by Gasteiger charge is -2.11. The van der Waals surface area contributed by atoms with Gasteiger partial charge in [0.25, 0.3) is 0 Å². The summed E-state index contributed by atoms with van der Waals surface area (Å²) in [4.78, 5) is 11.8. The van der Waals surface area contributed by atoms with Crippen LogP contribution < -0.4 is 5.73 Å². The molecule has 0 fully saturated rings. The molecule has 0 saturated carbocycles. The molecule has 2 rings (SSSR count). The summed E-state index contributed by atoms with van der Waals surface area (Å²) < 4.78 is 33.5. The number of nitrogens with zero attached hydrogens (tertiary/aromatic N) is 2. The number of nitrogens with two attached hydrogens (primary N) is 1. The number of ether oxygens (including phenoxy) is 1. The summed E-state index contributed by atoms with van der Waals surface area (Å²) >= 11 is 1.79. The van der Waals surface area contributed by atoms with Crippen molar-refractivity contribution >= 4 is 34.2 Å². The zero-order valence-corrected chi connectivity index (χ0v) is 12.8. The second-order valence-corrected chi connectivity index (χ2v) is 5.13. The monoisotopic (exact) mass is 403 g/mol. The molecule has 1 heterocycles. The maximum absolute atomic E-state index is 14.1. The number of nitriles is 1. The molecular weight excluding hydrogens is 395 g/mol. The number of anilines is 1. The van der Waals surface area contributed by atoms with Crippen molar-refractivity contribution in [2.45, 2.75) is 0 Å². The average Bonchev–Trinajstić information content (AvgIpc) is 2.79. The molecule has 108 valence electrons. The van der Waals surface area contributed by atoms with Gasteiger partial charge >= 0.3 is 5.97 Å². The van der Waals surface area contributed by atoms with Crippen LogP contribution in [0, 0.1) is 26.5 Å². The first-order chi connectivity index (χ1) is 9.92. The van der Waals surface area contributed by atoms with Gasteiger partial charge in [-0.1, -0.05) is 0 Å². The Labute approximate surface area is 132 Å². The van der Waals surface area contributed by atoms with E-state index < -0.39 is 17.6 Å². The molecule has 21 heavy (non-hydrogen) atoms. The van der Waals surface area contributed by atoms with Crippen molar-refractivity contribution in [2.75, 3.05) is 12.8 Å². The van der Waals surface area contributed by atoms with E-state index in [0.29, 0.717) is 3.57 Å². The van der Waals surface area contributed by atoms with E-state index in [-0.39, 0.29) is 22.6 Å². The number of aromatic nitrogens is 1. The summed E-state index contributed by atoms with van der Waals surface area (Å²) in [5.41, 5.74) is 5.09. The van der Waals surface area contributed by atoms with Crippen LogP contribution in [0.2, 0.25) is 0 Å². The first-order valence-corrected chi connectivity index (χ1v) is 6.63.